The summed E-state index contributed by atoms with van der Waals surface area (Å²) in [5.74, 6) is 0.669. The Morgan fingerprint density at radius 1 is 0.941 bits per heavy atom. The molecule has 0 saturated heterocycles. The van der Waals surface area contributed by atoms with E-state index in [2.05, 4.69) is 15.4 Å². The van der Waals surface area contributed by atoms with Crippen LogP contribution < -0.4 is 9.47 Å². The van der Waals surface area contributed by atoms with Crippen molar-refractivity contribution < 1.29 is 23.8 Å². The number of carbonyl (C=O) groups is 2. The molecular formula is C25H30N4O5. The molecular weight excluding hydrogens is 436 g/mol. The number of para-hydroxylation sites is 1. The minimum atomic E-state index is -0.587. The molecule has 0 spiro atoms. The molecule has 0 radical (unpaired) electrons. The van der Waals surface area contributed by atoms with Gasteiger partial charge in [-0.1, -0.05) is 18.2 Å². The second-order valence-electron chi connectivity index (χ2n) is 9.79. The summed E-state index contributed by atoms with van der Waals surface area (Å²) in [7, 11) is 0. The van der Waals surface area contributed by atoms with Crippen molar-refractivity contribution in [3.63, 3.8) is 0 Å². The Kier molecular flexibility index (Phi) is 7.34. The molecule has 0 aliphatic carbocycles. The first-order chi connectivity index (χ1) is 15.9. The minimum absolute atomic E-state index is 0.198. The number of benzene rings is 2. The summed E-state index contributed by atoms with van der Waals surface area (Å²) in [6.07, 6.45) is 0. The van der Waals surface area contributed by atoms with Gasteiger partial charge in [0.05, 0.1) is 12.0 Å². The van der Waals surface area contributed by atoms with Gasteiger partial charge in [0, 0.05) is 11.1 Å². The van der Waals surface area contributed by atoms with Crippen molar-refractivity contribution in [3.8, 4) is 22.9 Å². The number of rotatable bonds is 7. The standard InChI is InChI=1S/C25H30N4O5/c1-24(2,3)23(31)33-19-13-11-17(12-14-19)22-26-28-29(27-22)15-18-9-7-8-10-20(18)32-16-21(30)34-25(4,5)6/h7-14H,15-16H2,1-6H3. The van der Waals surface area contributed by atoms with Gasteiger partial charge in [0.15, 0.2) is 6.61 Å². The molecule has 34 heavy (non-hydrogen) atoms. The Balaban J connectivity index is 1.65. The molecule has 1 heterocycles. The van der Waals surface area contributed by atoms with Crippen molar-refractivity contribution in [2.45, 2.75) is 53.7 Å². The zero-order valence-corrected chi connectivity index (χ0v) is 20.4. The van der Waals surface area contributed by atoms with Crippen LogP contribution in [0.3, 0.4) is 0 Å². The van der Waals surface area contributed by atoms with E-state index in [0.29, 0.717) is 23.9 Å². The first-order valence-corrected chi connectivity index (χ1v) is 10.9. The van der Waals surface area contributed by atoms with Crippen LogP contribution in [-0.2, 0) is 20.9 Å². The molecule has 0 fully saturated rings. The fourth-order valence-electron chi connectivity index (χ4n) is 2.79. The largest absolute Gasteiger partial charge is 0.482 e. The first-order valence-electron chi connectivity index (χ1n) is 10.9. The van der Waals surface area contributed by atoms with Crippen LogP contribution in [0.5, 0.6) is 11.5 Å². The van der Waals surface area contributed by atoms with Gasteiger partial charge in [-0.05, 0) is 77.1 Å². The molecule has 0 atom stereocenters. The van der Waals surface area contributed by atoms with Gasteiger partial charge in [-0.25, -0.2) is 4.79 Å². The second kappa shape index (κ2) is 10.0. The van der Waals surface area contributed by atoms with E-state index < -0.39 is 17.0 Å². The van der Waals surface area contributed by atoms with E-state index in [0.717, 1.165) is 11.1 Å². The van der Waals surface area contributed by atoms with Crippen molar-refractivity contribution in [3.05, 3.63) is 54.1 Å². The van der Waals surface area contributed by atoms with E-state index in [9.17, 15) is 9.59 Å². The molecule has 0 amide bonds. The summed E-state index contributed by atoms with van der Waals surface area (Å²) in [5.41, 5.74) is 0.360. The minimum Gasteiger partial charge on any atom is -0.482 e. The smallest absolute Gasteiger partial charge is 0.344 e. The average Bonchev–Trinajstić information content (AvgIpc) is 3.20. The van der Waals surface area contributed by atoms with Gasteiger partial charge in [-0.2, -0.15) is 4.80 Å². The SMILES string of the molecule is CC(C)(C)OC(=O)COc1ccccc1Cn1nnc(-c2ccc(OC(=O)C(C)(C)C)cc2)n1. The van der Waals surface area contributed by atoms with E-state index in [1.54, 1.807) is 71.9 Å². The molecule has 0 unspecified atom stereocenters. The van der Waals surface area contributed by atoms with Crippen molar-refractivity contribution >= 4 is 11.9 Å². The van der Waals surface area contributed by atoms with Gasteiger partial charge in [0.1, 0.15) is 17.1 Å². The summed E-state index contributed by atoms with van der Waals surface area (Å²) in [6, 6.07) is 14.3. The highest BCUT2D eigenvalue weighted by Crippen LogP contribution is 2.23. The third-order valence-corrected chi connectivity index (χ3v) is 4.44. The molecule has 0 saturated carbocycles. The Hall–Kier alpha value is -3.75. The number of carbonyl (C=O) groups excluding carboxylic acids is 2. The highest BCUT2D eigenvalue weighted by atomic mass is 16.6. The second-order valence-corrected chi connectivity index (χ2v) is 9.79. The lowest BCUT2D eigenvalue weighted by atomic mass is 9.97. The molecule has 1 aromatic heterocycles. The molecule has 9 heteroatoms. The number of esters is 2. The molecule has 0 aliphatic rings. The van der Waals surface area contributed by atoms with Crippen molar-refractivity contribution in [1.82, 2.24) is 20.2 Å². The fraction of sp³-hybridized carbons (Fsp3) is 0.400. The number of hydrogen-bond donors (Lipinski definition) is 0. The first kappa shape index (κ1) is 24.9. The Labute approximate surface area is 199 Å². The van der Waals surface area contributed by atoms with Crippen molar-refractivity contribution in [1.29, 1.82) is 0 Å². The predicted octanol–water partition coefficient (Wildman–Crippen LogP) is 4.06. The van der Waals surface area contributed by atoms with Gasteiger partial charge in [0.25, 0.3) is 0 Å². The maximum Gasteiger partial charge on any atom is 0.344 e. The number of hydrogen-bond acceptors (Lipinski definition) is 8. The van der Waals surface area contributed by atoms with Gasteiger partial charge < -0.3 is 14.2 Å². The zero-order valence-electron chi connectivity index (χ0n) is 20.4. The number of nitrogens with zero attached hydrogens (tertiary/aromatic N) is 4. The number of ether oxygens (including phenoxy) is 3. The van der Waals surface area contributed by atoms with Gasteiger partial charge in [0.2, 0.25) is 5.82 Å². The summed E-state index contributed by atoms with van der Waals surface area (Å²) in [4.78, 5) is 25.5. The lowest BCUT2D eigenvalue weighted by Gasteiger charge is -2.19. The molecule has 0 bridgehead atoms. The number of aromatic nitrogens is 4. The van der Waals surface area contributed by atoms with E-state index >= 15 is 0 Å². The van der Waals surface area contributed by atoms with Crippen LogP contribution in [0.4, 0.5) is 0 Å². The van der Waals surface area contributed by atoms with Crippen LogP contribution in [0, 0.1) is 5.41 Å². The lowest BCUT2D eigenvalue weighted by molar-refractivity contribution is -0.157. The molecule has 0 N–H and O–H groups in total. The van der Waals surface area contributed by atoms with E-state index in [1.165, 1.54) is 4.80 Å². The number of tetrazole rings is 1. The van der Waals surface area contributed by atoms with Crippen LogP contribution in [0.15, 0.2) is 48.5 Å². The summed E-state index contributed by atoms with van der Waals surface area (Å²) < 4.78 is 16.3. The third-order valence-electron chi connectivity index (χ3n) is 4.44. The predicted molar refractivity (Wildman–Crippen MR) is 125 cm³/mol. The van der Waals surface area contributed by atoms with Gasteiger partial charge in [-0.3, -0.25) is 4.79 Å². The summed E-state index contributed by atoms with van der Waals surface area (Å²) >= 11 is 0. The highest BCUT2D eigenvalue weighted by molar-refractivity contribution is 5.78. The zero-order chi connectivity index (χ0) is 24.9. The Morgan fingerprint density at radius 2 is 1.62 bits per heavy atom. The van der Waals surface area contributed by atoms with Crippen LogP contribution in [0.1, 0.15) is 47.1 Å². The Bertz CT molecular complexity index is 1140. The monoisotopic (exact) mass is 466 g/mol. The van der Waals surface area contributed by atoms with Crippen molar-refractivity contribution in [2.75, 3.05) is 6.61 Å². The fourth-order valence-corrected chi connectivity index (χ4v) is 2.79. The van der Waals surface area contributed by atoms with E-state index in [4.69, 9.17) is 14.2 Å². The summed E-state index contributed by atoms with van der Waals surface area (Å²) in [6.45, 7) is 10.9. The average molecular weight is 467 g/mol. The van der Waals surface area contributed by atoms with Crippen LogP contribution >= 0.6 is 0 Å². The van der Waals surface area contributed by atoms with Crippen LogP contribution in [0.25, 0.3) is 11.4 Å². The topological polar surface area (TPSA) is 105 Å². The molecule has 3 aromatic rings. The molecule has 9 nitrogen and oxygen atoms in total. The third kappa shape index (κ3) is 7.13. The normalized spacial score (nSPS) is 11.7. The van der Waals surface area contributed by atoms with Crippen LogP contribution in [0.2, 0.25) is 0 Å². The molecule has 2 aromatic carbocycles. The van der Waals surface area contributed by atoms with E-state index in [1.807, 2.05) is 18.2 Å². The maximum absolute atomic E-state index is 12.0. The van der Waals surface area contributed by atoms with Crippen LogP contribution in [-0.4, -0.2) is 44.4 Å². The molecule has 180 valence electrons. The molecule has 0 aliphatic heterocycles. The lowest BCUT2D eigenvalue weighted by Crippen LogP contribution is -2.27. The van der Waals surface area contributed by atoms with Gasteiger partial charge >= 0.3 is 11.9 Å². The summed E-state index contributed by atoms with van der Waals surface area (Å²) in [5, 5.41) is 12.7. The van der Waals surface area contributed by atoms with E-state index in [-0.39, 0.29) is 12.6 Å². The van der Waals surface area contributed by atoms with Gasteiger partial charge in [-0.15, -0.1) is 10.2 Å². The highest BCUT2D eigenvalue weighted by Gasteiger charge is 2.23. The quantitative estimate of drug-likeness (QED) is 0.379. The maximum atomic E-state index is 12.0. The Morgan fingerprint density at radius 3 is 2.26 bits per heavy atom. The van der Waals surface area contributed by atoms with Crippen molar-refractivity contribution in [2.24, 2.45) is 5.41 Å². The molecule has 3 rings (SSSR count).